The van der Waals surface area contributed by atoms with Crippen LogP contribution in [0.2, 0.25) is 5.02 Å². The molecule has 110 valence electrons. The average Bonchev–Trinajstić information content (AvgIpc) is 2.99. The van der Waals surface area contributed by atoms with E-state index in [0.29, 0.717) is 24.3 Å². The first-order valence-corrected chi connectivity index (χ1v) is 6.75. The van der Waals surface area contributed by atoms with Gasteiger partial charge in [0.15, 0.2) is 12.7 Å². The molecule has 0 saturated carbocycles. The van der Waals surface area contributed by atoms with Crippen molar-refractivity contribution in [2.24, 2.45) is 0 Å². The number of carbonyl (C=O) groups is 2. The Morgan fingerprint density at radius 1 is 1.52 bits per heavy atom. The molecule has 7 heteroatoms. The Bertz CT molecular complexity index is 591. The molecule has 1 amide bonds. The molecule has 0 aromatic heterocycles. The molecule has 0 bridgehead atoms. The molecule has 1 heterocycles. The summed E-state index contributed by atoms with van der Waals surface area (Å²) in [5, 5.41) is 11.5. The molecule has 1 saturated heterocycles. The van der Waals surface area contributed by atoms with Crippen LogP contribution in [-0.2, 0) is 19.1 Å². The summed E-state index contributed by atoms with van der Waals surface area (Å²) in [6.07, 6.45) is 0.864. The van der Waals surface area contributed by atoms with E-state index in [1.54, 1.807) is 6.07 Å². The van der Waals surface area contributed by atoms with Crippen LogP contribution in [0.3, 0.4) is 0 Å². The topological polar surface area (TPSA) is 88.4 Å². The molecule has 1 aliphatic rings. The highest BCUT2D eigenvalue weighted by molar-refractivity contribution is 6.32. The molecule has 1 fully saturated rings. The monoisotopic (exact) mass is 308 g/mol. The number of hydrogen-bond acceptors (Lipinski definition) is 5. The van der Waals surface area contributed by atoms with E-state index >= 15 is 0 Å². The molecule has 1 unspecified atom stereocenters. The van der Waals surface area contributed by atoms with Gasteiger partial charge in [0.1, 0.15) is 6.07 Å². The van der Waals surface area contributed by atoms with Gasteiger partial charge in [-0.25, -0.2) is 4.79 Å². The average molecular weight is 309 g/mol. The summed E-state index contributed by atoms with van der Waals surface area (Å²) in [5.41, 5.74) is 0.747. The Hall–Kier alpha value is -2.10. The zero-order chi connectivity index (χ0) is 15.2. The Kier molecular flexibility index (Phi) is 5.14. The van der Waals surface area contributed by atoms with Crippen molar-refractivity contribution in [1.29, 1.82) is 5.26 Å². The van der Waals surface area contributed by atoms with Gasteiger partial charge in [-0.15, -0.1) is 0 Å². The molecule has 1 N–H and O–H groups in total. The number of ether oxygens (including phenoxy) is 2. The van der Waals surface area contributed by atoms with E-state index in [1.165, 1.54) is 12.1 Å². The van der Waals surface area contributed by atoms with Crippen molar-refractivity contribution in [2.75, 3.05) is 18.5 Å². The maximum atomic E-state index is 11.7. The van der Waals surface area contributed by atoms with E-state index < -0.39 is 24.6 Å². The first-order valence-electron chi connectivity index (χ1n) is 6.38. The number of hydrogen-bond donors (Lipinski definition) is 1. The summed E-state index contributed by atoms with van der Waals surface area (Å²) in [6.45, 7) is 0.145. The minimum absolute atomic E-state index is 0.242. The second kappa shape index (κ2) is 7.07. The van der Waals surface area contributed by atoms with E-state index in [1.807, 2.05) is 6.07 Å². The summed E-state index contributed by atoms with van der Waals surface area (Å²) in [4.78, 5) is 23.2. The Balaban J connectivity index is 1.83. The van der Waals surface area contributed by atoms with Gasteiger partial charge in [-0.2, -0.15) is 5.26 Å². The number of nitrogens with one attached hydrogen (secondary N) is 1. The van der Waals surface area contributed by atoms with Gasteiger partial charge in [-0.1, -0.05) is 11.6 Å². The van der Waals surface area contributed by atoms with Crippen molar-refractivity contribution in [3.8, 4) is 6.07 Å². The fraction of sp³-hybridized carbons (Fsp3) is 0.357. The Morgan fingerprint density at radius 2 is 2.33 bits per heavy atom. The molecule has 6 nitrogen and oxygen atoms in total. The highest BCUT2D eigenvalue weighted by Gasteiger charge is 2.25. The number of anilines is 1. The lowest BCUT2D eigenvalue weighted by Crippen LogP contribution is -2.27. The van der Waals surface area contributed by atoms with Gasteiger partial charge < -0.3 is 14.8 Å². The van der Waals surface area contributed by atoms with Crippen LogP contribution in [0.5, 0.6) is 0 Å². The number of carbonyl (C=O) groups excluding carboxylic acids is 2. The number of nitrogens with zero attached hydrogens (tertiary/aromatic N) is 1. The molecule has 1 aromatic rings. The first kappa shape index (κ1) is 15.3. The Morgan fingerprint density at radius 3 is 2.95 bits per heavy atom. The highest BCUT2D eigenvalue weighted by atomic mass is 35.5. The zero-order valence-corrected chi connectivity index (χ0v) is 11.9. The highest BCUT2D eigenvalue weighted by Crippen LogP contribution is 2.20. The molecule has 0 aliphatic carbocycles. The first-order chi connectivity index (χ1) is 10.1. The lowest BCUT2D eigenvalue weighted by molar-refractivity contribution is -0.156. The lowest BCUT2D eigenvalue weighted by Gasteiger charge is -2.10. The molecule has 0 spiro atoms. The van der Waals surface area contributed by atoms with E-state index in [0.717, 1.165) is 6.42 Å². The van der Waals surface area contributed by atoms with Gasteiger partial charge in [-0.05, 0) is 31.0 Å². The standard InChI is InChI=1S/C14H13ClN2O4/c15-11-6-10(4-3-9(11)7-16)17-13(18)8-21-14(19)12-2-1-5-20-12/h3-4,6,12H,1-2,5,8H2,(H,17,18). The van der Waals surface area contributed by atoms with Crippen molar-refractivity contribution in [2.45, 2.75) is 18.9 Å². The van der Waals surface area contributed by atoms with Gasteiger partial charge in [0, 0.05) is 12.3 Å². The third-order valence-corrected chi connectivity index (χ3v) is 3.22. The minimum atomic E-state index is -0.567. The normalized spacial score (nSPS) is 17.0. The van der Waals surface area contributed by atoms with E-state index in [2.05, 4.69) is 5.32 Å². The fourth-order valence-electron chi connectivity index (χ4n) is 1.87. The summed E-state index contributed by atoms with van der Waals surface area (Å²) < 4.78 is 10.0. The van der Waals surface area contributed by atoms with Crippen molar-refractivity contribution < 1.29 is 19.1 Å². The van der Waals surface area contributed by atoms with Gasteiger partial charge in [-0.3, -0.25) is 4.79 Å². The van der Waals surface area contributed by atoms with Crippen LogP contribution in [0.25, 0.3) is 0 Å². The molecular formula is C14H13ClN2O4. The number of esters is 1. The number of amides is 1. The third kappa shape index (κ3) is 4.18. The van der Waals surface area contributed by atoms with Crippen LogP contribution in [0.4, 0.5) is 5.69 Å². The quantitative estimate of drug-likeness (QED) is 0.858. The molecule has 21 heavy (non-hydrogen) atoms. The molecular weight excluding hydrogens is 296 g/mol. The van der Waals surface area contributed by atoms with Crippen molar-refractivity contribution in [3.63, 3.8) is 0 Å². The van der Waals surface area contributed by atoms with Crippen molar-refractivity contribution >= 4 is 29.2 Å². The predicted octanol–water partition coefficient (Wildman–Crippen LogP) is 1.87. The second-order valence-electron chi connectivity index (χ2n) is 4.46. The third-order valence-electron chi connectivity index (χ3n) is 2.91. The summed E-state index contributed by atoms with van der Waals surface area (Å²) >= 11 is 5.85. The number of halogens is 1. The SMILES string of the molecule is N#Cc1ccc(NC(=O)COC(=O)C2CCCO2)cc1Cl. The van der Waals surface area contributed by atoms with Gasteiger partial charge >= 0.3 is 5.97 Å². The smallest absolute Gasteiger partial charge is 0.335 e. The van der Waals surface area contributed by atoms with E-state index in [9.17, 15) is 9.59 Å². The molecule has 1 aliphatic heterocycles. The molecule has 1 atom stereocenters. The minimum Gasteiger partial charge on any atom is -0.454 e. The largest absolute Gasteiger partial charge is 0.454 e. The summed E-state index contributed by atoms with van der Waals surface area (Å²) in [6, 6.07) is 6.42. The predicted molar refractivity (Wildman–Crippen MR) is 74.7 cm³/mol. The summed E-state index contributed by atoms with van der Waals surface area (Å²) in [7, 11) is 0. The number of nitriles is 1. The molecule has 2 rings (SSSR count). The molecule has 1 aromatic carbocycles. The van der Waals surface area contributed by atoms with Crippen LogP contribution < -0.4 is 5.32 Å². The van der Waals surface area contributed by atoms with Crippen LogP contribution >= 0.6 is 11.6 Å². The van der Waals surface area contributed by atoms with Crippen molar-refractivity contribution in [1.82, 2.24) is 0 Å². The maximum Gasteiger partial charge on any atom is 0.335 e. The van der Waals surface area contributed by atoms with E-state index in [-0.39, 0.29) is 5.02 Å². The van der Waals surface area contributed by atoms with Gasteiger partial charge in [0.25, 0.3) is 5.91 Å². The van der Waals surface area contributed by atoms with Crippen LogP contribution in [0.15, 0.2) is 18.2 Å². The fourth-order valence-corrected chi connectivity index (χ4v) is 2.10. The van der Waals surface area contributed by atoms with Crippen LogP contribution in [-0.4, -0.2) is 31.2 Å². The maximum absolute atomic E-state index is 11.7. The second-order valence-corrected chi connectivity index (χ2v) is 4.87. The van der Waals surface area contributed by atoms with Gasteiger partial charge in [0.2, 0.25) is 0 Å². The Labute approximate surface area is 126 Å². The van der Waals surface area contributed by atoms with Crippen LogP contribution in [0.1, 0.15) is 18.4 Å². The summed E-state index contributed by atoms with van der Waals surface area (Å²) in [5.74, 6) is -1.01. The zero-order valence-electron chi connectivity index (χ0n) is 11.1. The van der Waals surface area contributed by atoms with E-state index in [4.69, 9.17) is 26.3 Å². The number of benzene rings is 1. The molecule has 0 radical (unpaired) electrons. The lowest BCUT2D eigenvalue weighted by atomic mass is 10.2. The number of rotatable bonds is 4. The van der Waals surface area contributed by atoms with Gasteiger partial charge in [0.05, 0.1) is 10.6 Å². The van der Waals surface area contributed by atoms with Crippen molar-refractivity contribution in [3.05, 3.63) is 28.8 Å². The van der Waals surface area contributed by atoms with Crippen LogP contribution in [0, 0.1) is 11.3 Å².